The van der Waals surface area contributed by atoms with Crippen LogP contribution >= 0.6 is 0 Å². The van der Waals surface area contributed by atoms with E-state index in [1.165, 1.54) is 12.1 Å². The van der Waals surface area contributed by atoms with Crippen molar-refractivity contribution in [1.29, 1.82) is 0 Å². The van der Waals surface area contributed by atoms with E-state index in [9.17, 15) is 9.18 Å². The Morgan fingerprint density at radius 1 is 1.20 bits per heavy atom. The van der Waals surface area contributed by atoms with Gasteiger partial charge in [0.05, 0.1) is 0 Å². The molecule has 2 N–H and O–H groups in total. The predicted octanol–water partition coefficient (Wildman–Crippen LogP) is 2.25. The van der Waals surface area contributed by atoms with Gasteiger partial charge in [-0.05, 0) is 37.0 Å². The highest BCUT2D eigenvalue weighted by Gasteiger charge is 2.15. The predicted molar refractivity (Wildman–Crippen MR) is 75.5 cm³/mol. The summed E-state index contributed by atoms with van der Waals surface area (Å²) >= 11 is 0. The molecule has 0 bridgehead atoms. The first kappa shape index (κ1) is 12.8. The van der Waals surface area contributed by atoms with Gasteiger partial charge in [0.25, 0.3) is 0 Å². The molecule has 0 unspecified atom stereocenters. The molecule has 0 saturated carbocycles. The van der Waals surface area contributed by atoms with Gasteiger partial charge in [-0.15, -0.1) is 0 Å². The summed E-state index contributed by atoms with van der Waals surface area (Å²) in [6.07, 6.45) is 3.63. The number of nitrogens with zero attached hydrogens (tertiary/aromatic N) is 1. The van der Waals surface area contributed by atoms with Crippen LogP contribution in [0.15, 0.2) is 29.1 Å². The molecule has 0 aliphatic carbocycles. The highest BCUT2D eigenvalue weighted by Crippen LogP contribution is 2.22. The number of fused-ring (bicyclic) bond motifs is 1. The van der Waals surface area contributed by atoms with E-state index in [0.717, 1.165) is 42.6 Å². The van der Waals surface area contributed by atoms with Crippen LogP contribution in [0.25, 0.3) is 0 Å². The Balaban J connectivity index is 1.98. The smallest absolute Gasteiger partial charge is 0.347 e. The lowest BCUT2D eigenvalue weighted by Crippen LogP contribution is -2.19. The number of hydrogen-bond acceptors (Lipinski definition) is 3. The quantitative estimate of drug-likeness (QED) is 0.882. The van der Waals surface area contributed by atoms with E-state index >= 15 is 0 Å². The topological polar surface area (TPSA) is 57.8 Å². The van der Waals surface area contributed by atoms with Gasteiger partial charge in [0.1, 0.15) is 11.6 Å². The zero-order chi connectivity index (χ0) is 13.9. The first-order valence-electron chi connectivity index (χ1n) is 6.83. The maximum absolute atomic E-state index is 12.9. The zero-order valence-corrected chi connectivity index (χ0v) is 11.1. The third-order valence-corrected chi connectivity index (χ3v) is 3.56. The Morgan fingerprint density at radius 3 is 2.80 bits per heavy atom. The third kappa shape index (κ3) is 2.71. The van der Waals surface area contributed by atoms with Gasteiger partial charge in [-0.1, -0.05) is 12.1 Å². The van der Waals surface area contributed by atoms with Crippen LogP contribution in [0, 0.1) is 5.82 Å². The molecule has 3 rings (SSSR count). The van der Waals surface area contributed by atoms with Crippen LogP contribution in [0.3, 0.4) is 0 Å². The van der Waals surface area contributed by atoms with Crippen LogP contribution in [0.5, 0.6) is 0 Å². The molecule has 0 amide bonds. The lowest BCUT2D eigenvalue weighted by molar-refractivity contribution is 0.627. The van der Waals surface area contributed by atoms with Crippen LogP contribution in [-0.2, 0) is 12.8 Å². The number of anilines is 1. The average molecular weight is 273 g/mol. The van der Waals surface area contributed by atoms with E-state index in [1.54, 1.807) is 12.1 Å². The Hall–Kier alpha value is -2.17. The van der Waals surface area contributed by atoms with Crippen LogP contribution in [0.2, 0.25) is 0 Å². The van der Waals surface area contributed by atoms with Gasteiger partial charge in [0, 0.05) is 24.2 Å². The molecule has 4 nitrogen and oxygen atoms in total. The molecule has 5 heteroatoms. The molecule has 1 aliphatic rings. The van der Waals surface area contributed by atoms with Crippen molar-refractivity contribution in [2.45, 2.75) is 25.7 Å². The molecule has 0 atom stereocenters. The Bertz CT molecular complexity index is 664. The van der Waals surface area contributed by atoms with Gasteiger partial charge < -0.3 is 10.3 Å². The van der Waals surface area contributed by atoms with E-state index in [0.29, 0.717) is 12.2 Å². The first-order valence-corrected chi connectivity index (χ1v) is 6.83. The molecule has 2 aromatic rings. The van der Waals surface area contributed by atoms with Crippen LogP contribution in [0.1, 0.15) is 29.7 Å². The normalized spacial score (nSPS) is 14.2. The number of benzene rings is 1. The second-order valence-electron chi connectivity index (χ2n) is 5.03. The van der Waals surface area contributed by atoms with E-state index in [1.807, 2.05) is 0 Å². The summed E-state index contributed by atoms with van der Waals surface area (Å²) in [4.78, 5) is 18.5. The number of aromatic amines is 1. The molecule has 104 valence electrons. The minimum Gasteiger partial charge on any atom is -0.370 e. The molecular formula is C15H16FN3O. The lowest BCUT2D eigenvalue weighted by atomic mass is 10.0. The summed E-state index contributed by atoms with van der Waals surface area (Å²) in [6.45, 7) is 0.847. The van der Waals surface area contributed by atoms with Gasteiger partial charge in [-0.25, -0.2) is 9.18 Å². The van der Waals surface area contributed by atoms with Crippen LogP contribution in [-0.4, -0.2) is 16.5 Å². The summed E-state index contributed by atoms with van der Waals surface area (Å²) in [7, 11) is 0. The van der Waals surface area contributed by atoms with Crippen molar-refractivity contribution in [2.24, 2.45) is 0 Å². The minimum atomic E-state index is -0.338. The van der Waals surface area contributed by atoms with Crippen molar-refractivity contribution in [2.75, 3.05) is 11.9 Å². The standard InChI is InChI=1S/C15H16FN3O/c16-11-6-4-10(5-7-11)9-13-12-3-1-2-8-17-14(12)19-15(20)18-13/h4-7H,1-3,8-9H2,(H2,17,18,19,20). The molecule has 0 spiro atoms. The Kier molecular flexibility index (Phi) is 3.50. The molecule has 0 saturated heterocycles. The highest BCUT2D eigenvalue weighted by molar-refractivity contribution is 5.48. The minimum absolute atomic E-state index is 0.252. The second kappa shape index (κ2) is 5.45. The summed E-state index contributed by atoms with van der Waals surface area (Å²) in [5.41, 5.74) is 2.59. The largest absolute Gasteiger partial charge is 0.370 e. The molecule has 1 aromatic carbocycles. The molecule has 2 heterocycles. The Labute approximate surface area is 116 Å². The molecule has 0 fully saturated rings. The Morgan fingerprint density at radius 2 is 2.00 bits per heavy atom. The monoisotopic (exact) mass is 273 g/mol. The van der Waals surface area contributed by atoms with E-state index in [4.69, 9.17) is 0 Å². The lowest BCUT2D eigenvalue weighted by Gasteiger charge is -2.11. The van der Waals surface area contributed by atoms with Crippen molar-refractivity contribution >= 4 is 5.82 Å². The summed E-state index contributed by atoms with van der Waals surface area (Å²) in [5, 5.41) is 3.21. The maximum atomic E-state index is 12.9. The summed E-state index contributed by atoms with van der Waals surface area (Å²) < 4.78 is 12.9. The molecule has 20 heavy (non-hydrogen) atoms. The van der Waals surface area contributed by atoms with Crippen LogP contribution in [0.4, 0.5) is 10.2 Å². The fourth-order valence-corrected chi connectivity index (χ4v) is 2.55. The van der Waals surface area contributed by atoms with Crippen molar-refractivity contribution < 1.29 is 4.39 Å². The second-order valence-corrected chi connectivity index (χ2v) is 5.03. The van der Waals surface area contributed by atoms with Gasteiger partial charge in [0.2, 0.25) is 0 Å². The number of nitrogens with one attached hydrogen (secondary N) is 2. The molecule has 1 aromatic heterocycles. The first-order chi connectivity index (χ1) is 9.72. The number of halogens is 1. The molecular weight excluding hydrogens is 257 g/mol. The van der Waals surface area contributed by atoms with Gasteiger partial charge in [-0.2, -0.15) is 4.98 Å². The van der Waals surface area contributed by atoms with Crippen molar-refractivity contribution in [1.82, 2.24) is 9.97 Å². The third-order valence-electron chi connectivity index (χ3n) is 3.56. The van der Waals surface area contributed by atoms with E-state index in [2.05, 4.69) is 15.3 Å². The SMILES string of the molecule is O=c1nc2c(c(Cc3ccc(F)cc3)[nH]1)CCCCN2. The molecule has 1 aliphatic heterocycles. The maximum Gasteiger partial charge on any atom is 0.347 e. The summed E-state index contributed by atoms with van der Waals surface area (Å²) in [5.74, 6) is 0.445. The number of rotatable bonds is 2. The van der Waals surface area contributed by atoms with E-state index in [-0.39, 0.29) is 11.5 Å². The zero-order valence-electron chi connectivity index (χ0n) is 11.1. The van der Waals surface area contributed by atoms with E-state index < -0.39 is 0 Å². The van der Waals surface area contributed by atoms with Gasteiger partial charge in [0.15, 0.2) is 0 Å². The fourth-order valence-electron chi connectivity index (χ4n) is 2.55. The molecule has 0 radical (unpaired) electrons. The fraction of sp³-hybridized carbons (Fsp3) is 0.333. The van der Waals surface area contributed by atoms with Crippen LogP contribution < -0.4 is 11.0 Å². The van der Waals surface area contributed by atoms with Gasteiger partial charge >= 0.3 is 5.69 Å². The average Bonchev–Trinajstić information content (AvgIpc) is 2.66. The summed E-state index contributed by atoms with van der Waals surface area (Å²) in [6, 6.07) is 6.35. The number of H-pyrrole nitrogens is 1. The van der Waals surface area contributed by atoms with Crippen molar-refractivity contribution in [3.05, 3.63) is 57.4 Å². The van der Waals surface area contributed by atoms with Crippen molar-refractivity contribution in [3.8, 4) is 0 Å². The number of hydrogen-bond donors (Lipinski definition) is 2. The highest BCUT2D eigenvalue weighted by atomic mass is 19.1. The van der Waals surface area contributed by atoms with Crippen molar-refractivity contribution in [3.63, 3.8) is 0 Å². The van der Waals surface area contributed by atoms with Gasteiger partial charge in [-0.3, -0.25) is 0 Å². The number of aromatic nitrogens is 2.